The summed E-state index contributed by atoms with van der Waals surface area (Å²) in [6.07, 6.45) is 3.61. The third kappa shape index (κ3) is 3.37. The Morgan fingerprint density at radius 2 is 1.71 bits per heavy atom. The first-order chi connectivity index (χ1) is 16.9. The molecule has 3 atom stereocenters. The maximum atomic E-state index is 14.1. The van der Waals surface area contributed by atoms with Crippen LogP contribution in [0.3, 0.4) is 0 Å². The lowest BCUT2D eigenvalue weighted by molar-refractivity contribution is -0.384. The lowest BCUT2D eigenvalue weighted by Crippen LogP contribution is -2.44. The highest BCUT2D eigenvalue weighted by molar-refractivity contribution is 6.30. The number of rotatable bonds is 4. The second-order valence-corrected chi connectivity index (χ2v) is 8.94. The summed E-state index contributed by atoms with van der Waals surface area (Å²) in [7, 11) is 0. The van der Waals surface area contributed by atoms with Gasteiger partial charge in [0, 0.05) is 34.3 Å². The van der Waals surface area contributed by atoms with Crippen LogP contribution in [0.1, 0.15) is 27.4 Å². The van der Waals surface area contributed by atoms with Gasteiger partial charge in [-0.15, -0.1) is 0 Å². The van der Waals surface area contributed by atoms with E-state index in [1.165, 1.54) is 24.3 Å². The van der Waals surface area contributed by atoms with Gasteiger partial charge in [0.25, 0.3) is 5.69 Å². The van der Waals surface area contributed by atoms with Crippen molar-refractivity contribution in [3.63, 3.8) is 0 Å². The van der Waals surface area contributed by atoms with E-state index in [9.17, 15) is 25.4 Å². The van der Waals surface area contributed by atoms with Crippen LogP contribution in [0.2, 0.25) is 5.02 Å². The monoisotopic (exact) mass is 480 g/mol. The average molecular weight is 481 g/mol. The van der Waals surface area contributed by atoms with Crippen LogP contribution >= 0.6 is 11.6 Å². The Morgan fingerprint density at radius 1 is 1.03 bits per heavy atom. The predicted octanol–water partition coefficient (Wildman–Crippen LogP) is 5.53. The highest BCUT2D eigenvalue weighted by atomic mass is 35.5. The van der Waals surface area contributed by atoms with Crippen molar-refractivity contribution >= 4 is 34.8 Å². The Balaban J connectivity index is 1.75. The van der Waals surface area contributed by atoms with Gasteiger partial charge in [-0.05, 0) is 41.5 Å². The topological polar surface area (TPSA) is 111 Å². The van der Waals surface area contributed by atoms with Gasteiger partial charge in [-0.1, -0.05) is 54.1 Å². The third-order valence-corrected chi connectivity index (χ3v) is 6.99. The summed E-state index contributed by atoms with van der Waals surface area (Å²) in [5, 5.41) is 32.4. The van der Waals surface area contributed by atoms with E-state index in [2.05, 4.69) is 12.1 Å². The molecule has 2 aliphatic heterocycles. The summed E-state index contributed by atoms with van der Waals surface area (Å²) >= 11 is 6.21. The van der Waals surface area contributed by atoms with Gasteiger partial charge in [0.05, 0.1) is 23.1 Å². The molecule has 170 valence electrons. The Bertz CT molecular complexity index is 1440. The second kappa shape index (κ2) is 8.39. The number of carbonyl (C=O) groups excluding carboxylic acids is 1. The summed E-state index contributed by atoms with van der Waals surface area (Å²) in [5.74, 6) is -1.11. The fourth-order valence-corrected chi connectivity index (χ4v) is 5.40. The maximum absolute atomic E-state index is 14.1. The summed E-state index contributed by atoms with van der Waals surface area (Å²) in [6, 6.07) is 22.6. The lowest BCUT2D eigenvalue weighted by atomic mass is 9.69. The Hall–Kier alpha value is -4.46. The SMILES string of the molecule is N#CC1(C#N)[C@H](c2ccccc2)[C@@H](C(=O)c2ccc([N+](=O)[O-])cc2)N2c3ccc(Cl)cc3C=C[C@H]21. The van der Waals surface area contributed by atoms with Gasteiger partial charge in [-0.2, -0.15) is 10.5 Å². The van der Waals surface area contributed by atoms with E-state index in [1.807, 2.05) is 41.3 Å². The van der Waals surface area contributed by atoms with Crippen LogP contribution in [0.4, 0.5) is 11.4 Å². The number of nitrogens with zero attached hydrogens (tertiary/aromatic N) is 4. The minimum Gasteiger partial charge on any atom is -0.351 e. The number of Topliss-reactive ketones (excluding diaryl/α,β-unsaturated/α-hetero) is 1. The number of nitriles is 2. The van der Waals surface area contributed by atoms with Crippen molar-refractivity contribution in [2.75, 3.05) is 4.90 Å². The molecule has 7 nitrogen and oxygen atoms in total. The molecule has 1 saturated heterocycles. The fourth-order valence-electron chi connectivity index (χ4n) is 5.22. The van der Waals surface area contributed by atoms with E-state index < -0.39 is 28.3 Å². The highest BCUT2D eigenvalue weighted by Gasteiger charge is 2.63. The maximum Gasteiger partial charge on any atom is 0.269 e. The third-order valence-electron chi connectivity index (χ3n) is 6.76. The van der Waals surface area contributed by atoms with Gasteiger partial charge in [-0.25, -0.2) is 0 Å². The first-order valence-electron chi connectivity index (χ1n) is 10.8. The fraction of sp³-hybridized carbons (Fsp3) is 0.148. The van der Waals surface area contributed by atoms with Gasteiger partial charge < -0.3 is 4.90 Å². The van der Waals surface area contributed by atoms with Crippen LogP contribution in [0.25, 0.3) is 6.08 Å². The summed E-state index contributed by atoms with van der Waals surface area (Å²) in [5.41, 5.74) is 0.723. The minimum atomic E-state index is -1.56. The average Bonchev–Trinajstić information content (AvgIpc) is 3.19. The number of nitro groups is 1. The number of benzene rings is 3. The molecule has 2 aliphatic rings. The molecule has 2 heterocycles. The lowest BCUT2D eigenvalue weighted by Gasteiger charge is -2.35. The first kappa shape index (κ1) is 22.3. The Labute approximate surface area is 206 Å². The van der Waals surface area contributed by atoms with E-state index in [0.29, 0.717) is 16.3 Å². The molecule has 0 saturated carbocycles. The molecular formula is C27H17ClN4O3. The van der Waals surface area contributed by atoms with E-state index in [1.54, 1.807) is 24.3 Å². The molecule has 0 aromatic heterocycles. The number of non-ortho nitro benzene ring substituents is 1. The largest absolute Gasteiger partial charge is 0.351 e. The zero-order chi connectivity index (χ0) is 24.7. The molecule has 8 heteroatoms. The van der Waals surface area contributed by atoms with Crippen molar-refractivity contribution in [2.45, 2.75) is 18.0 Å². The highest BCUT2D eigenvalue weighted by Crippen LogP contribution is 2.55. The zero-order valence-corrected chi connectivity index (χ0v) is 19.0. The number of hydrogen-bond acceptors (Lipinski definition) is 6. The van der Waals surface area contributed by atoms with Gasteiger partial charge in [0.15, 0.2) is 11.2 Å². The number of halogens is 1. The Kier molecular flexibility index (Phi) is 5.36. The van der Waals surface area contributed by atoms with Crippen LogP contribution in [0, 0.1) is 38.2 Å². The molecule has 0 unspecified atom stereocenters. The number of nitro benzene ring substituents is 1. The summed E-state index contributed by atoms with van der Waals surface area (Å²) in [4.78, 5) is 26.5. The van der Waals surface area contributed by atoms with E-state index in [4.69, 9.17) is 11.6 Å². The van der Waals surface area contributed by atoms with Gasteiger partial charge in [0.2, 0.25) is 0 Å². The van der Waals surface area contributed by atoms with Gasteiger partial charge in [0.1, 0.15) is 6.04 Å². The number of anilines is 1. The smallest absolute Gasteiger partial charge is 0.269 e. The molecular weight excluding hydrogens is 464 g/mol. The standard InChI is InChI=1S/C27H17ClN4O3/c28-20-9-12-22-19(14-20)8-13-23-27(15-29,16-30)24(17-4-2-1-3-5-17)25(31(22)23)26(33)18-6-10-21(11-7-18)32(34)35/h1-14,23-25H/t23-,24+,25-/m0/s1. The zero-order valence-electron chi connectivity index (χ0n) is 18.2. The van der Waals surface area contributed by atoms with E-state index in [-0.39, 0.29) is 17.0 Å². The molecule has 35 heavy (non-hydrogen) atoms. The second-order valence-electron chi connectivity index (χ2n) is 8.51. The molecule has 0 radical (unpaired) electrons. The van der Waals surface area contributed by atoms with Crippen molar-refractivity contribution in [1.29, 1.82) is 10.5 Å². The Morgan fingerprint density at radius 3 is 2.34 bits per heavy atom. The molecule has 0 spiro atoms. The summed E-state index contributed by atoms with van der Waals surface area (Å²) < 4.78 is 0. The summed E-state index contributed by atoms with van der Waals surface area (Å²) in [6.45, 7) is 0. The van der Waals surface area contributed by atoms with Crippen molar-refractivity contribution < 1.29 is 9.72 Å². The molecule has 3 aromatic carbocycles. The van der Waals surface area contributed by atoms with E-state index >= 15 is 0 Å². The number of fused-ring (bicyclic) bond motifs is 3. The number of ketones is 1. The minimum absolute atomic E-state index is 0.130. The van der Waals surface area contributed by atoms with Crippen molar-refractivity contribution in [2.24, 2.45) is 5.41 Å². The first-order valence-corrected chi connectivity index (χ1v) is 11.2. The molecule has 0 bridgehead atoms. The van der Waals surface area contributed by atoms with Crippen LogP contribution in [0.15, 0.2) is 78.9 Å². The normalized spacial score (nSPS) is 21.3. The van der Waals surface area contributed by atoms with Crippen LogP contribution in [0.5, 0.6) is 0 Å². The van der Waals surface area contributed by atoms with Crippen LogP contribution < -0.4 is 4.90 Å². The predicted molar refractivity (Wildman–Crippen MR) is 131 cm³/mol. The van der Waals surface area contributed by atoms with Crippen molar-refractivity contribution in [3.8, 4) is 12.1 Å². The van der Waals surface area contributed by atoms with Crippen molar-refractivity contribution in [1.82, 2.24) is 0 Å². The quantitative estimate of drug-likeness (QED) is 0.275. The van der Waals surface area contributed by atoms with Crippen LogP contribution in [-0.2, 0) is 0 Å². The van der Waals surface area contributed by atoms with Crippen LogP contribution in [-0.4, -0.2) is 22.8 Å². The van der Waals surface area contributed by atoms with Crippen molar-refractivity contribution in [3.05, 3.63) is 111 Å². The molecule has 0 amide bonds. The van der Waals surface area contributed by atoms with Gasteiger partial charge in [-0.3, -0.25) is 14.9 Å². The van der Waals surface area contributed by atoms with E-state index in [0.717, 1.165) is 5.56 Å². The molecule has 0 N–H and O–H groups in total. The number of hydrogen-bond donors (Lipinski definition) is 0. The molecule has 0 aliphatic carbocycles. The van der Waals surface area contributed by atoms with Gasteiger partial charge >= 0.3 is 0 Å². The molecule has 1 fully saturated rings. The molecule has 5 rings (SSSR count). The molecule has 3 aromatic rings. The number of carbonyl (C=O) groups is 1.